The van der Waals surface area contributed by atoms with E-state index in [1.807, 2.05) is 41.8 Å². The first-order valence-electron chi connectivity index (χ1n) is 9.14. The van der Waals surface area contributed by atoms with Gasteiger partial charge in [-0.15, -0.1) is 11.3 Å². The summed E-state index contributed by atoms with van der Waals surface area (Å²) in [7, 11) is 1.61. The molecule has 6 nitrogen and oxygen atoms in total. The van der Waals surface area contributed by atoms with Crippen molar-refractivity contribution in [3.8, 4) is 0 Å². The number of ether oxygens (including phenoxy) is 1. The molecule has 1 aliphatic rings. The Kier molecular flexibility index (Phi) is 6.84. The molecular weight excluding hydrogens is 362 g/mol. The first kappa shape index (κ1) is 19.4. The average molecular weight is 388 g/mol. The van der Waals surface area contributed by atoms with Gasteiger partial charge in [-0.3, -0.25) is 9.59 Å². The van der Waals surface area contributed by atoms with Gasteiger partial charge in [0.1, 0.15) is 0 Å². The Bertz CT molecular complexity index is 756. The van der Waals surface area contributed by atoms with Gasteiger partial charge in [0.15, 0.2) is 0 Å². The maximum atomic E-state index is 12.5. The van der Waals surface area contributed by atoms with Gasteiger partial charge in [-0.25, -0.2) is 0 Å². The second-order valence-corrected chi connectivity index (χ2v) is 7.43. The van der Waals surface area contributed by atoms with Crippen LogP contribution >= 0.6 is 11.3 Å². The highest BCUT2D eigenvalue weighted by Crippen LogP contribution is 2.24. The lowest BCUT2D eigenvalue weighted by atomic mass is 10.0. The fourth-order valence-corrected chi connectivity index (χ4v) is 3.86. The highest BCUT2D eigenvalue weighted by atomic mass is 32.1. The lowest BCUT2D eigenvalue weighted by Crippen LogP contribution is -2.45. The number of anilines is 1. The summed E-state index contributed by atoms with van der Waals surface area (Å²) < 4.78 is 4.99. The number of carbonyl (C=O) groups excluding carboxylic acids is 2. The minimum atomic E-state index is -0.0872. The highest BCUT2D eigenvalue weighted by Gasteiger charge is 2.24. The molecule has 0 saturated carbocycles. The van der Waals surface area contributed by atoms with Crippen molar-refractivity contribution in [3.05, 3.63) is 52.2 Å². The van der Waals surface area contributed by atoms with Crippen LogP contribution < -0.4 is 15.5 Å². The van der Waals surface area contributed by atoms with Crippen LogP contribution in [0.4, 0.5) is 5.69 Å². The van der Waals surface area contributed by atoms with E-state index >= 15 is 0 Å². The van der Waals surface area contributed by atoms with Crippen LogP contribution in [0.25, 0.3) is 0 Å². The quantitative estimate of drug-likeness (QED) is 0.716. The van der Waals surface area contributed by atoms with Crippen LogP contribution in [0.2, 0.25) is 0 Å². The van der Waals surface area contributed by atoms with Crippen LogP contribution in [-0.4, -0.2) is 51.2 Å². The zero-order chi connectivity index (χ0) is 19.1. The summed E-state index contributed by atoms with van der Waals surface area (Å²) in [5.41, 5.74) is 1.62. The minimum Gasteiger partial charge on any atom is -0.383 e. The number of hydrogen-bond donors (Lipinski definition) is 2. The average Bonchev–Trinajstić information content (AvgIpc) is 3.24. The van der Waals surface area contributed by atoms with E-state index in [1.165, 1.54) is 11.3 Å². The lowest BCUT2D eigenvalue weighted by Gasteiger charge is -2.34. The Morgan fingerprint density at radius 1 is 1.15 bits per heavy atom. The topological polar surface area (TPSA) is 70.7 Å². The van der Waals surface area contributed by atoms with Crippen molar-refractivity contribution < 1.29 is 14.3 Å². The zero-order valence-electron chi connectivity index (χ0n) is 15.4. The highest BCUT2D eigenvalue weighted by molar-refractivity contribution is 7.12. The predicted octanol–water partition coefficient (Wildman–Crippen LogP) is 2.52. The molecule has 1 aromatic heterocycles. The zero-order valence-corrected chi connectivity index (χ0v) is 16.3. The Labute approximate surface area is 163 Å². The van der Waals surface area contributed by atoms with E-state index in [4.69, 9.17) is 4.74 Å². The number of piperidine rings is 1. The molecule has 0 atom stereocenters. The Morgan fingerprint density at radius 2 is 1.93 bits per heavy atom. The molecule has 3 rings (SSSR count). The maximum Gasteiger partial charge on any atom is 0.261 e. The van der Waals surface area contributed by atoms with E-state index in [0.29, 0.717) is 18.7 Å². The standard InChI is InChI=1S/C20H25N3O3S/c1-26-13-10-21-19(24)16-5-2-3-6-17(16)23-11-8-15(9-12-23)22-20(25)18-7-4-14-27-18/h2-7,14-15H,8-13H2,1H3,(H,21,24)(H,22,25). The number of amides is 2. The first-order chi connectivity index (χ1) is 13.2. The number of nitrogens with zero attached hydrogens (tertiary/aromatic N) is 1. The maximum absolute atomic E-state index is 12.5. The number of carbonyl (C=O) groups is 2. The molecule has 1 aliphatic heterocycles. The number of rotatable bonds is 7. The van der Waals surface area contributed by atoms with Crippen molar-refractivity contribution in [1.82, 2.24) is 10.6 Å². The summed E-state index contributed by atoms with van der Waals surface area (Å²) in [4.78, 5) is 27.7. The van der Waals surface area contributed by atoms with Crippen LogP contribution in [0.15, 0.2) is 41.8 Å². The molecule has 27 heavy (non-hydrogen) atoms. The molecule has 2 heterocycles. The Morgan fingerprint density at radius 3 is 2.63 bits per heavy atom. The minimum absolute atomic E-state index is 0.00127. The van der Waals surface area contributed by atoms with Gasteiger partial charge in [0.05, 0.1) is 17.0 Å². The Hall–Kier alpha value is -2.38. The molecule has 0 bridgehead atoms. The molecule has 2 amide bonds. The molecular formula is C20H25N3O3S. The molecule has 0 unspecified atom stereocenters. The summed E-state index contributed by atoms with van der Waals surface area (Å²) in [5, 5.41) is 7.91. The summed E-state index contributed by atoms with van der Waals surface area (Å²) >= 11 is 1.45. The Balaban J connectivity index is 1.58. The molecule has 144 valence electrons. The van der Waals surface area contributed by atoms with E-state index < -0.39 is 0 Å². The molecule has 7 heteroatoms. The van der Waals surface area contributed by atoms with Gasteiger partial charge in [0.2, 0.25) is 0 Å². The molecule has 2 N–H and O–H groups in total. The summed E-state index contributed by atoms with van der Waals surface area (Å²) in [6.07, 6.45) is 1.72. The summed E-state index contributed by atoms with van der Waals surface area (Å²) in [6.45, 7) is 2.58. The van der Waals surface area contributed by atoms with E-state index in [2.05, 4.69) is 15.5 Å². The first-order valence-corrected chi connectivity index (χ1v) is 10.0. The molecule has 0 aliphatic carbocycles. The summed E-state index contributed by atoms with van der Waals surface area (Å²) in [5.74, 6) is -0.0860. The van der Waals surface area contributed by atoms with Crippen molar-refractivity contribution in [3.63, 3.8) is 0 Å². The third kappa shape index (κ3) is 5.08. The predicted molar refractivity (Wildman–Crippen MR) is 108 cm³/mol. The van der Waals surface area contributed by atoms with Crippen molar-refractivity contribution >= 4 is 28.8 Å². The van der Waals surface area contributed by atoms with Crippen molar-refractivity contribution in [2.24, 2.45) is 0 Å². The molecule has 2 aromatic rings. The van der Waals surface area contributed by atoms with Gasteiger partial charge in [0.25, 0.3) is 11.8 Å². The van der Waals surface area contributed by atoms with Crippen molar-refractivity contribution in [1.29, 1.82) is 0 Å². The second-order valence-electron chi connectivity index (χ2n) is 6.48. The second kappa shape index (κ2) is 9.53. The number of thiophene rings is 1. The van der Waals surface area contributed by atoms with E-state index in [0.717, 1.165) is 36.5 Å². The SMILES string of the molecule is COCCNC(=O)c1ccccc1N1CCC(NC(=O)c2cccs2)CC1. The molecule has 0 spiro atoms. The van der Waals surface area contributed by atoms with E-state index in [-0.39, 0.29) is 17.9 Å². The number of benzene rings is 1. The third-order valence-corrected chi connectivity index (χ3v) is 5.52. The lowest BCUT2D eigenvalue weighted by molar-refractivity contribution is 0.0930. The van der Waals surface area contributed by atoms with Gasteiger partial charge in [-0.2, -0.15) is 0 Å². The molecule has 0 radical (unpaired) electrons. The van der Waals surface area contributed by atoms with Crippen LogP contribution in [-0.2, 0) is 4.74 Å². The van der Waals surface area contributed by atoms with Gasteiger partial charge < -0.3 is 20.3 Å². The van der Waals surface area contributed by atoms with Crippen molar-refractivity contribution in [2.45, 2.75) is 18.9 Å². The van der Waals surface area contributed by atoms with E-state index in [9.17, 15) is 9.59 Å². The summed E-state index contributed by atoms with van der Waals surface area (Å²) in [6, 6.07) is 11.6. The van der Waals surface area contributed by atoms with Crippen LogP contribution in [0, 0.1) is 0 Å². The monoisotopic (exact) mass is 387 g/mol. The normalized spacial score (nSPS) is 14.8. The van der Waals surface area contributed by atoms with Gasteiger partial charge in [0, 0.05) is 38.5 Å². The number of para-hydroxylation sites is 1. The number of methoxy groups -OCH3 is 1. The number of hydrogen-bond acceptors (Lipinski definition) is 5. The smallest absolute Gasteiger partial charge is 0.261 e. The van der Waals surface area contributed by atoms with Gasteiger partial charge >= 0.3 is 0 Å². The largest absolute Gasteiger partial charge is 0.383 e. The van der Waals surface area contributed by atoms with E-state index in [1.54, 1.807) is 7.11 Å². The van der Waals surface area contributed by atoms with Crippen LogP contribution in [0.5, 0.6) is 0 Å². The third-order valence-electron chi connectivity index (χ3n) is 4.66. The van der Waals surface area contributed by atoms with Crippen LogP contribution in [0.1, 0.15) is 32.9 Å². The van der Waals surface area contributed by atoms with Crippen LogP contribution in [0.3, 0.4) is 0 Å². The molecule has 1 saturated heterocycles. The fraction of sp³-hybridized carbons (Fsp3) is 0.400. The van der Waals surface area contributed by atoms with Crippen molar-refractivity contribution in [2.75, 3.05) is 38.3 Å². The molecule has 1 fully saturated rings. The number of nitrogens with one attached hydrogen (secondary N) is 2. The van der Waals surface area contributed by atoms with Gasteiger partial charge in [-0.05, 0) is 36.4 Å². The fourth-order valence-electron chi connectivity index (χ4n) is 3.23. The molecule has 1 aromatic carbocycles. The van der Waals surface area contributed by atoms with Gasteiger partial charge in [-0.1, -0.05) is 18.2 Å².